The van der Waals surface area contributed by atoms with Crippen molar-refractivity contribution >= 4 is 21.6 Å². The zero-order valence-corrected chi connectivity index (χ0v) is 19.2. The highest BCUT2D eigenvalue weighted by molar-refractivity contribution is 7.89. The average Bonchev–Trinajstić information content (AvgIpc) is 2.74. The number of benzene rings is 2. The Hall–Kier alpha value is -2.38. The molecule has 0 aliphatic carbocycles. The minimum Gasteiger partial charge on any atom is -0.368 e. The minimum absolute atomic E-state index is 0.125. The molecule has 2 aromatic carbocycles. The topological polar surface area (TPSA) is 60.9 Å². The first-order chi connectivity index (χ1) is 14.1. The van der Waals surface area contributed by atoms with E-state index in [0.717, 1.165) is 13.1 Å². The number of sulfonamides is 1. The van der Waals surface area contributed by atoms with Crippen LogP contribution in [-0.2, 0) is 10.0 Å². The lowest BCUT2D eigenvalue weighted by Crippen LogP contribution is -2.49. The van der Waals surface area contributed by atoms with Crippen LogP contribution >= 0.6 is 0 Å². The lowest BCUT2D eigenvalue weighted by atomic mass is 10.1. The molecular formula is C23H31N3O3S. The molecule has 0 atom stereocenters. The highest BCUT2D eigenvalue weighted by atomic mass is 32.2. The zero-order valence-electron chi connectivity index (χ0n) is 18.4. The average molecular weight is 430 g/mol. The Bertz CT molecular complexity index is 1030. The molecule has 1 fully saturated rings. The molecule has 7 heteroatoms. The summed E-state index contributed by atoms with van der Waals surface area (Å²) in [7, 11) is -2.07. The number of anilines is 1. The quantitative estimate of drug-likeness (QED) is 0.732. The Kier molecular flexibility index (Phi) is 6.53. The molecule has 0 aromatic heterocycles. The van der Waals surface area contributed by atoms with E-state index < -0.39 is 10.0 Å². The summed E-state index contributed by atoms with van der Waals surface area (Å²) in [6, 6.07) is 12.5. The fourth-order valence-electron chi connectivity index (χ4n) is 3.64. The second kappa shape index (κ2) is 8.78. The van der Waals surface area contributed by atoms with Gasteiger partial charge in [0.05, 0.1) is 4.90 Å². The molecule has 162 valence electrons. The predicted molar refractivity (Wildman–Crippen MR) is 121 cm³/mol. The molecule has 0 saturated carbocycles. The molecule has 1 aliphatic rings. The van der Waals surface area contributed by atoms with E-state index in [1.807, 2.05) is 13.8 Å². The van der Waals surface area contributed by atoms with Gasteiger partial charge in [-0.1, -0.05) is 18.2 Å². The maximum Gasteiger partial charge on any atom is 0.254 e. The van der Waals surface area contributed by atoms with Gasteiger partial charge in [0.2, 0.25) is 10.0 Å². The van der Waals surface area contributed by atoms with E-state index in [1.54, 1.807) is 30.1 Å². The molecule has 0 radical (unpaired) electrons. The fraction of sp³-hybridized carbons (Fsp3) is 0.435. The van der Waals surface area contributed by atoms with Gasteiger partial charge in [0.15, 0.2) is 0 Å². The van der Waals surface area contributed by atoms with Crippen molar-refractivity contribution in [3.63, 3.8) is 0 Å². The van der Waals surface area contributed by atoms with Crippen LogP contribution in [0.3, 0.4) is 0 Å². The number of hydrogen-bond donors (Lipinski definition) is 0. The molecule has 2 aromatic rings. The Balaban J connectivity index is 1.74. The van der Waals surface area contributed by atoms with Gasteiger partial charge in [0.1, 0.15) is 0 Å². The van der Waals surface area contributed by atoms with Crippen LogP contribution in [0.1, 0.15) is 35.3 Å². The normalized spacial score (nSPS) is 15.2. The fourth-order valence-corrected chi connectivity index (χ4v) is 5.06. The number of piperazine rings is 1. The monoisotopic (exact) mass is 429 g/mol. The number of aryl methyl sites for hydroxylation is 1. The van der Waals surface area contributed by atoms with Gasteiger partial charge in [-0.2, -0.15) is 4.31 Å². The molecule has 6 nitrogen and oxygen atoms in total. The van der Waals surface area contributed by atoms with Gasteiger partial charge in [-0.05, 0) is 63.1 Å². The van der Waals surface area contributed by atoms with Crippen molar-refractivity contribution < 1.29 is 13.2 Å². The van der Waals surface area contributed by atoms with E-state index in [-0.39, 0.29) is 16.8 Å². The van der Waals surface area contributed by atoms with Gasteiger partial charge < -0.3 is 9.80 Å². The molecule has 0 N–H and O–H groups in total. The number of amides is 1. The zero-order chi connectivity index (χ0) is 22.1. The Labute approximate surface area is 180 Å². The van der Waals surface area contributed by atoms with Crippen LogP contribution in [0, 0.1) is 13.8 Å². The maximum atomic E-state index is 13.0. The predicted octanol–water partition coefficient (Wildman–Crippen LogP) is 3.29. The van der Waals surface area contributed by atoms with Crippen LogP contribution < -0.4 is 4.90 Å². The molecule has 1 saturated heterocycles. The smallest absolute Gasteiger partial charge is 0.254 e. The number of nitrogens with zero attached hydrogens (tertiary/aromatic N) is 3. The van der Waals surface area contributed by atoms with Crippen LogP contribution in [-0.4, -0.2) is 62.8 Å². The molecule has 0 bridgehead atoms. The first kappa shape index (κ1) is 22.3. The first-order valence-corrected chi connectivity index (χ1v) is 11.8. The van der Waals surface area contributed by atoms with Crippen molar-refractivity contribution in [2.75, 3.05) is 38.1 Å². The molecule has 1 amide bonds. The third-order valence-electron chi connectivity index (χ3n) is 5.97. The summed E-state index contributed by atoms with van der Waals surface area (Å²) in [5.41, 5.74) is 4.15. The maximum absolute atomic E-state index is 13.0. The number of rotatable bonds is 5. The first-order valence-electron chi connectivity index (χ1n) is 10.3. The van der Waals surface area contributed by atoms with E-state index >= 15 is 0 Å². The summed E-state index contributed by atoms with van der Waals surface area (Å²) < 4.78 is 26.9. The summed E-state index contributed by atoms with van der Waals surface area (Å²) in [5.74, 6) is -0.125. The van der Waals surface area contributed by atoms with Gasteiger partial charge in [0.25, 0.3) is 5.91 Å². The van der Waals surface area contributed by atoms with Crippen LogP contribution in [0.2, 0.25) is 0 Å². The Morgan fingerprint density at radius 3 is 2.27 bits per heavy atom. The summed E-state index contributed by atoms with van der Waals surface area (Å²) in [5, 5.41) is 0. The molecular weight excluding hydrogens is 398 g/mol. The van der Waals surface area contributed by atoms with E-state index in [1.165, 1.54) is 27.2 Å². The van der Waals surface area contributed by atoms with Gasteiger partial charge in [-0.15, -0.1) is 0 Å². The van der Waals surface area contributed by atoms with Crippen molar-refractivity contribution in [3.8, 4) is 0 Å². The summed E-state index contributed by atoms with van der Waals surface area (Å²) in [4.78, 5) is 17.3. The summed E-state index contributed by atoms with van der Waals surface area (Å²) in [6.45, 7) is 10.6. The lowest BCUT2D eigenvalue weighted by Gasteiger charge is -2.37. The van der Waals surface area contributed by atoms with Crippen molar-refractivity contribution in [1.29, 1.82) is 0 Å². The largest absolute Gasteiger partial charge is 0.368 e. The van der Waals surface area contributed by atoms with Crippen molar-refractivity contribution in [2.24, 2.45) is 0 Å². The minimum atomic E-state index is -3.62. The van der Waals surface area contributed by atoms with E-state index in [4.69, 9.17) is 0 Å². The summed E-state index contributed by atoms with van der Waals surface area (Å²) in [6.07, 6.45) is 0. The van der Waals surface area contributed by atoms with Crippen LogP contribution in [0.4, 0.5) is 5.69 Å². The molecule has 1 heterocycles. The van der Waals surface area contributed by atoms with Gasteiger partial charge in [-0.25, -0.2) is 8.42 Å². The van der Waals surface area contributed by atoms with E-state index in [2.05, 4.69) is 36.9 Å². The molecule has 3 rings (SSSR count). The van der Waals surface area contributed by atoms with E-state index in [0.29, 0.717) is 18.7 Å². The molecule has 0 unspecified atom stereocenters. The van der Waals surface area contributed by atoms with Crippen LogP contribution in [0.25, 0.3) is 0 Å². The highest BCUT2D eigenvalue weighted by Gasteiger charge is 2.26. The van der Waals surface area contributed by atoms with Crippen molar-refractivity contribution in [3.05, 3.63) is 59.2 Å². The standard InChI is InChI=1S/C23H31N3O3S/c1-17(2)24(5)30(28,29)21-10-7-9-20(16-21)23(27)26-14-12-25(13-15-26)22-11-6-8-18(3)19(22)4/h6-11,16-17H,12-15H2,1-5H3. The SMILES string of the molecule is Cc1cccc(N2CCN(C(=O)c3cccc(S(=O)(=O)N(C)C(C)C)c3)CC2)c1C. The Morgan fingerprint density at radius 1 is 1.00 bits per heavy atom. The lowest BCUT2D eigenvalue weighted by molar-refractivity contribution is 0.0746. The van der Waals surface area contributed by atoms with Crippen LogP contribution in [0.5, 0.6) is 0 Å². The van der Waals surface area contributed by atoms with E-state index in [9.17, 15) is 13.2 Å². The van der Waals surface area contributed by atoms with Crippen LogP contribution in [0.15, 0.2) is 47.4 Å². The second-order valence-electron chi connectivity index (χ2n) is 8.14. The highest BCUT2D eigenvalue weighted by Crippen LogP contribution is 2.25. The Morgan fingerprint density at radius 2 is 1.63 bits per heavy atom. The van der Waals surface area contributed by atoms with Gasteiger partial charge >= 0.3 is 0 Å². The van der Waals surface area contributed by atoms with Crippen molar-refractivity contribution in [2.45, 2.75) is 38.6 Å². The number of carbonyl (C=O) groups is 1. The molecule has 1 aliphatic heterocycles. The third kappa shape index (κ3) is 4.37. The summed E-state index contributed by atoms with van der Waals surface area (Å²) >= 11 is 0. The third-order valence-corrected chi connectivity index (χ3v) is 8.00. The number of hydrogen-bond acceptors (Lipinski definition) is 4. The van der Waals surface area contributed by atoms with Crippen molar-refractivity contribution in [1.82, 2.24) is 9.21 Å². The van der Waals surface area contributed by atoms with Gasteiger partial charge in [-0.3, -0.25) is 4.79 Å². The molecule has 0 spiro atoms. The second-order valence-corrected chi connectivity index (χ2v) is 10.1. The molecule has 30 heavy (non-hydrogen) atoms. The number of carbonyl (C=O) groups excluding carboxylic acids is 1. The van der Waals surface area contributed by atoms with Gasteiger partial charge in [0, 0.05) is 50.5 Å².